The van der Waals surface area contributed by atoms with Crippen LogP contribution in [0.4, 0.5) is 0 Å². The van der Waals surface area contributed by atoms with E-state index in [9.17, 15) is 14.4 Å². The lowest BCUT2D eigenvalue weighted by atomic mass is 10.1. The Kier molecular flexibility index (Phi) is 44.9. The van der Waals surface area contributed by atoms with E-state index in [1.807, 2.05) is 0 Å². The van der Waals surface area contributed by atoms with Gasteiger partial charge in [0.25, 0.3) is 0 Å². The third-order valence-corrected chi connectivity index (χ3v) is 10.6. The average Bonchev–Trinajstić information content (AvgIpc) is 3.22. The number of rotatable bonds is 44. The number of esters is 3. The zero-order valence-corrected chi connectivity index (χ0v) is 38.3. The summed E-state index contributed by atoms with van der Waals surface area (Å²) in [5.74, 6) is -0.917. The Balaban J connectivity index is 4.29. The summed E-state index contributed by atoms with van der Waals surface area (Å²) in [6.07, 6.45) is 55.4. The largest absolute Gasteiger partial charge is 0.462 e. The van der Waals surface area contributed by atoms with Gasteiger partial charge in [0.2, 0.25) is 0 Å². The first-order chi connectivity index (χ1) is 28.5. The minimum Gasteiger partial charge on any atom is -0.462 e. The fourth-order valence-corrected chi connectivity index (χ4v) is 6.86. The van der Waals surface area contributed by atoms with Crippen molar-refractivity contribution in [2.24, 2.45) is 0 Å². The molecular weight excluding hydrogens is 721 g/mol. The number of carbonyl (C=O) groups excluding carboxylic acids is 3. The number of unbranched alkanes of at least 4 members (excludes halogenated alkanes) is 25. The van der Waals surface area contributed by atoms with Crippen molar-refractivity contribution >= 4 is 17.9 Å². The molecule has 0 bridgehead atoms. The molecule has 0 aromatic carbocycles. The molecule has 0 N–H and O–H groups in total. The van der Waals surface area contributed by atoms with Crippen LogP contribution in [0, 0.1) is 0 Å². The van der Waals surface area contributed by atoms with Crippen LogP contribution in [0.5, 0.6) is 0 Å². The number of ether oxygens (including phenoxy) is 3. The molecule has 0 aliphatic rings. The lowest BCUT2D eigenvalue weighted by Crippen LogP contribution is -2.30. The van der Waals surface area contributed by atoms with Gasteiger partial charge in [-0.05, 0) is 77.0 Å². The highest BCUT2D eigenvalue weighted by molar-refractivity contribution is 5.71. The van der Waals surface area contributed by atoms with E-state index in [1.165, 1.54) is 122 Å². The Morgan fingerprint density at radius 1 is 0.362 bits per heavy atom. The number of allylic oxidation sites excluding steroid dienone is 8. The fourth-order valence-electron chi connectivity index (χ4n) is 6.86. The second-order valence-electron chi connectivity index (χ2n) is 16.3. The molecule has 1 atom stereocenters. The Morgan fingerprint density at radius 2 is 0.672 bits per heavy atom. The Labute approximate surface area is 358 Å². The average molecular weight is 813 g/mol. The van der Waals surface area contributed by atoms with Gasteiger partial charge < -0.3 is 14.2 Å². The molecule has 0 saturated carbocycles. The highest BCUT2D eigenvalue weighted by Gasteiger charge is 2.19. The predicted molar refractivity (Wildman–Crippen MR) is 247 cm³/mol. The van der Waals surface area contributed by atoms with Gasteiger partial charge in [-0.3, -0.25) is 14.4 Å². The van der Waals surface area contributed by atoms with Crippen LogP contribution in [-0.2, 0) is 28.6 Å². The van der Waals surface area contributed by atoms with Crippen molar-refractivity contribution in [1.29, 1.82) is 0 Å². The van der Waals surface area contributed by atoms with Crippen molar-refractivity contribution in [1.82, 2.24) is 0 Å². The lowest BCUT2D eigenvalue weighted by molar-refractivity contribution is -0.167. The zero-order chi connectivity index (χ0) is 42.3. The van der Waals surface area contributed by atoms with E-state index < -0.39 is 6.10 Å². The van der Waals surface area contributed by atoms with Gasteiger partial charge in [-0.25, -0.2) is 0 Å². The first-order valence-electron chi connectivity index (χ1n) is 24.6. The summed E-state index contributed by atoms with van der Waals surface area (Å²) in [6.45, 7) is 6.47. The van der Waals surface area contributed by atoms with Crippen molar-refractivity contribution in [3.63, 3.8) is 0 Å². The summed E-state index contributed by atoms with van der Waals surface area (Å²) in [6, 6.07) is 0. The van der Waals surface area contributed by atoms with E-state index in [2.05, 4.69) is 69.4 Å². The third-order valence-electron chi connectivity index (χ3n) is 10.6. The molecule has 0 radical (unpaired) electrons. The molecule has 336 valence electrons. The molecule has 0 fully saturated rings. The van der Waals surface area contributed by atoms with Crippen LogP contribution in [0.2, 0.25) is 0 Å². The van der Waals surface area contributed by atoms with Crippen LogP contribution >= 0.6 is 0 Å². The Morgan fingerprint density at radius 3 is 1.09 bits per heavy atom. The van der Waals surface area contributed by atoms with Gasteiger partial charge >= 0.3 is 17.9 Å². The van der Waals surface area contributed by atoms with Crippen LogP contribution in [-0.4, -0.2) is 37.2 Å². The summed E-state index contributed by atoms with van der Waals surface area (Å²) < 4.78 is 16.7. The second-order valence-corrected chi connectivity index (χ2v) is 16.3. The molecule has 0 aliphatic heterocycles. The molecule has 0 aromatic heterocycles. The summed E-state index contributed by atoms with van der Waals surface area (Å²) >= 11 is 0. The molecule has 0 rings (SSSR count). The minimum absolute atomic E-state index is 0.0844. The molecule has 58 heavy (non-hydrogen) atoms. The highest BCUT2D eigenvalue weighted by Crippen LogP contribution is 2.14. The molecule has 0 saturated heterocycles. The quantitative estimate of drug-likeness (QED) is 0.0264. The second kappa shape index (κ2) is 47.1. The summed E-state index contributed by atoms with van der Waals surface area (Å²) in [5.41, 5.74) is 0. The van der Waals surface area contributed by atoms with Gasteiger partial charge in [-0.15, -0.1) is 0 Å². The zero-order valence-electron chi connectivity index (χ0n) is 38.3. The lowest BCUT2D eigenvalue weighted by Gasteiger charge is -2.18. The monoisotopic (exact) mass is 813 g/mol. The van der Waals surface area contributed by atoms with E-state index in [-0.39, 0.29) is 31.1 Å². The minimum atomic E-state index is -0.784. The van der Waals surface area contributed by atoms with Crippen molar-refractivity contribution in [2.75, 3.05) is 13.2 Å². The van der Waals surface area contributed by atoms with Crippen molar-refractivity contribution in [3.05, 3.63) is 48.6 Å². The van der Waals surface area contributed by atoms with E-state index >= 15 is 0 Å². The van der Waals surface area contributed by atoms with Crippen LogP contribution < -0.4 is 0 Å². The van der Waals surface area contributed by atoms with Gasteiger partial charge in [-0.1, -0.05) is 198 Å². The molecule has 0 aromatic rings. The third kappa shape index (κ3) is 44.5. The summed E-state index contributed by atoms with van der Waals surface area (Å²) in [4.78, 5) is 37.7. The number of carbonyl (C=O) groups is 3. The fraction of sp³-hybridized carbons (Fsp3) is 0.788. The van der Waals surface area contributed by atoms with Crippen LogP contribution in [0.25, 0.3) is 0 Å². The van der Waals surface area contributed by atoms with E-state index in [0.29, 0.717) is 19.3 Å². The maximum Gasteiger partial charge on any atom is 0.306 e. The highest BCUT2D eigenvalue weighted by atomic mass is 16.6. The summed E-state index contributed by atoms with van der Waals surface area (Å²) in [5, 5.41) is 0. The van der Waals surface area contributed by atoms with Crippen molar-refractivity contribution in [3.8, 4) is 0 Å². The normalized spacial score (nSPS) is 12.4. The van der Waals surface area contributed by atoms with Crippen LogP contribution in [0.1, 0.15) is 245 Å². The topological polar surface area (TPSA) is 78.9 Å². The van der Waals surface area contributed by atoms with Gasteiger partial charge in [0, 0.05) is 19.3 Å². The van der Waals surface area contributed by atoms with Crippen LogP contribution in [0.15, 0.2) is 48.6 Å². The SMILES string of the molecule is CC/C=C\C/C=C\C/C=C\CCCCCC(=O)OC(COC(=O)CCCCCCCCCC)COC(=O)CCCCCCCCCCC/C=C\CCCCCCCC. The standard InChI is InChI=1S/C52H92O6/c1-4-7-10-13-16-19-21-23-24-25-26-27-28-30-31-33-36-39-42-45-51(54)57-48-49(47-56-50(53)44-41-38-35-18-15-12-9-6-3)58-52(55)46-43-40-37-34-32-29-22-20-17-14-11-8-5-2/h8,11,17,20,23-24,29,32,49H,4-7,9-10,12-16,18-19,21-22,25-28,30-31,33-48H2,1-3H3/b11-8-,20-17-,24-23-,32-29-. The molecule has 0 spiro atoms. The van der Waals surface area contributed by atoms with E-state index in [0.717, 1.165) is 83.5 Å². The number of hydrogen-bond donors (Lipinski definition) is 0. The molecule has 0 amide bonds. The van der Waals surface area contributed by atoms with Crippen molar-refractivity contribution in [2.45, 2.75) is 252 Å². The molecule has 6 heteroatoms. The molecule has 6 nitrogen and oxygen atoms in total. The van der Waals surface area contributed by atoms with E-state index in [4.69, 9.17) is 14.2 Å². The Bertz CT molecular complexity index is 1030. The summed E-state index contributed by atoms with van der Waals surface area (Å²) in [7, 11) is 0. The smallest absolute Gasteiger partial charge is 0.306 e. The van der Waals surface area contributed by atoms with Gasteiger partial charge in [0.05, 0.1) is 0 Å². The predicted octanol–water partition coefficient (Wildman–Crippen LogP) is 15.9. The maximum absolute atomic E-state index is 12.7. The molecular formula is C52H92O6. The molecule has 0 heterocycles. The van der Waals surface area contributed by atoms with Crippen LogP contribution in [0.3, 0.4) is 0 Å². The first-order valence-corrected chi connectivity index (χ1v) is 24.6. The van der Waals surface area contributed by atoms with E-state index in [1.54, 1.807) is 0 Å². The van der Waals surface area contributed by atoms with Gasteiger partial charge in [0.15, 0.2) is 6.10 Å². The number of hydrogen-bond acceptors (Lipinski definition) is 6. The first kappa shape index (κ1) is 55.4. The van der Waals surface area contributed by atoms with Crippen molar-refractivity contribution < 1.29 is 28.6 Å². The molecule has 0 aliphatic carbocycles. The van der Waals surface area contributed by atoms with Gasteiger partial charge in [0.1, 0.15) is 13.2 Å². The maximum atomic E-state index is 12.7. The Hall–Kier alpha value is -2.63. The molecule has 1 unspecified atom stereocenters. The van der Waals surface area contributed by atoms with Gasteiger partial charge in [-0.2, -0.15) is 0 Å².